The van der Waals surface area contributed by atoms with Gasteiger partial charge in [-0.15, -0.1) is 0 Å². The van der Waals surface area contributed by atoms with Crippen molar-refractivity contribution in [2.75, 3.05) is 13.2 Å². The number of ketones is 1. The van der Waals surface area contributed by atoms with Crippen LogP contribution in [0.5, 0.6) is 5.75 Å². The summed E-state index contributed by atoms with van der Waals surface area (Å²) in [6, 6.07) is 5.63. The van der Waals surface area contributed by atoms with E-state index in [1.54, 1.807) is 18.2 Å². The first-order valence-corrected chi connectivity index (χ1v) is 8.63. The SMILES string of the molecule is CCC(C)OCc1cc(C(C)=O)ccc1OCC(O)CNC(C)C. The summed E-state index contributed by atoms with van der Waals surface area (Å²) in [4.78, 5) is 11.6. The molecule has 2 unspecified atom stereocenters. The van der Waals surface area contributed by atoms with Crippen LogP contribution in [0.3, 0.4) is 0 Å². The topological polar surface area (TPSA) is 67.8 Å². The molecule has 0 radical (unpaired) electrons. The fourth-order valence-electron chi connectivity index (χ4n) is 2.02. The van der Waals surface area contributed by atoms with Crippen LogP contribution in [-0.4, -0.2) is 42.3 Å². The molecule has 24 heavy (non-hydrogen) atoms. The Morgan fingerprint density at radius 1 is 1.29 bits per heavy atom. The van der Waals surface area contributed by atoms with Gasteiger partial charge in [0.05, 0.1) is 12.7 Å². The molecule has 0 fully saturated rings. The predicted octanol–water partition coefficient (Wildman–Crippen LogP) is 2.94. The van der Waals surface area contributed by atoms with Crippen LogP contribution in [0.2, 0.25) is 0 Å². The van der Waals surface area contributed by atoms with Crippen LogP contribution in [0.1, 0.15) is 57.0 Å². The van der Waals surface area contributed by atoms with Crippen LogP contribution in [0.4, 0.5) is 0 Å². The Hall–Kier alpha value is -1.43. The Bertz CT molecular complexity index is 516. The summed E-state index contributed by atoms with van der Waals surface area (Å²) in [5.41, 5.74) is 1.46. The fraction of sp³-hybridized carbons (Fsp3) is 0.632. The number of ether oxygens (including phenoxy) is 2. The summed E-state index contributed by atoms with van der Waals surface area (Å²) in [6.07, 6.45) is 0.463. The maximum absolute atomic E-state index is 11.6. The Balaban J connectivity index is 2.74. The van der Waals surface area contributed by atoms with Crippen molar-refractivity contribution in [3.8, 4) is 5.75 Å². The zero-order valence-electron chi connectivity index (χ0n) is 15.5. The quantitative estimate of drug-likeness (QED) is 0.608. The number of carbonyl (C=O) groups is 1. The molecule has 1 aromatic rings. The van der Waals surface area contributed by atoms with Crippen molar-refractivity contribution in [3.05, 3.63) is 29.3 Å². The van der Waals surface area contributed by atoms with E-state index in [0.29, 0.717) is 30.5 Å². The maximum atomic E-state index is 11.6. The minimum Gasteiger partial charge on any atom is -0.490 e. The molecular weight excluding hydrogens is 306 g/mol. The minimum absolute atomic E-state index is 0.00695. The summed E-state index contributed by atoms with van der Waals surface area (Å²) in [5, 5.41) is 13.1. The van der Waals surface area contributed by atoms with Gasteiger partial charge in [-0.05, 0) is 38.5 Å². The number of rotatable bonds is 11. The molecule has 1 aromatic carbocycles. The Morgan fingerprint density at radius 3 is 2.58 bits per heavy atom. The van der Waals surface area contributed by atoms with Crippen molar-refractivity contribution in [2.24, 2.45) is 0 Å². The number of benzene rings is 1. The van der Waals surface area contributed by atoms with Gasteiger partial charge in [-0.25, -0.2) is 0 Å². The first-order chi connectivity index (χ1) is 11.3. The van der Waals surface area contributed by atoms with Gasteiger partial charge < -0.3 is 19.9 Å². The highest BCUT2D eigenvalue weighted by Crippen LogP contribution is 2.22. The molecule has 0 aliphatic carbocycles. The first kappa shape index (κ1) is 20.6. The molecule has 0 aliphatic heterocycles. The maximum Gasteiger partial charge on any atom is 0.159 e. The van der Waals surface area contributed by atoms with E-state index >= 15 is 0 Å². The van der Waals surface area contributed by atoms with Gasteiger partial charge in [0, 0.05) is 23.7 Å². The van der Waals surface area contributed by atoms with E-state index in [2.05, 4.69) is 12.2 Å². The third-order valence-electron chi connectivity index (χ3n) is 3.76. The van der Waals surface area contributed by atoms with Crippen molar-refractivity contribution < 1.29 is 19.4 Å². The molecule has 2 atom stereocenters. The van der Waals surface area contributed by atoms with Gasteiger partial charge in [0.1, 0.15) is 18.5 Å². The van der Waals surface area contributed by atoms with E-state index in [0.717, 1.165) is 12.0 Å². The number of carbonyl (C=O) groups excluding carboxylic acids is 1. The van der Waals surface area contributed by atoms with E-state index in [1.807, 2.05) is 20.8 Å². The van der Waals surface area contributed by atoms with E-state index in [1.165, 1.54) is 6.92 Å². The third-order valence-corrected chi connectivity index (χ3v) is 3.76. The smallest absolute Gasteiger partial charge is 0.159 e. The average Bonchev–Trinajstić information content (AvgIpc) is 2.55. The van der Waals surface area contributed by atoms with Crippen molar-refractivity contribution >= 4 is 5.78 Å². The van der Waals surface area contributed by atoms with Crippen molar-refractivity contribution in [3.63, 3.8) is 0 Å². The molecule has 0 amide bonds. The minimum atomic E-state index is -0.594. The Kier molecular flexibility index (Phi) is 8.97. The van der Waals surface area contributed by atoms with E-state index in [-0.39, 0.29) is 18.5 Å². The number of aliphatic hydroxyl groups is 1. The highest BCUT2D eigenvalue weighted by atomic mass is 16.5. The van der Waals surface area contributed by atoms with Crippen LogP contribution in [0.15, 0.2) is 18.2 Å². The van der Waals surface area contributed by atoms with Gasteiger partial charge in [-0.2, -0.15) is 0 Å². The molecule has 0 saturated carbocycles. The van der Waals surface area contributed by atoms with Crippen LogP contribution >= 0.6 is 0 Å². The van der Waals surface area contributed by atoms with Gasteiger partial charge in [-0.3, -0.25) is 4.79 Å². The predicted molar refractivity (Wildman–Crippen MR) is 95.6 cm³/mol. The lowest BCUT2D eigenvalue weighted by Gasteiger charge is -2.18. The average molecular weight is 337 g/mol. The van der Waals surface area contributed by atoms with Crippen molar-refractivity contribution in [2.45, 2.75) is 65.9 Å². The third kappa shape index (κ3) is 7.43. The molecule has 2 N–H and O–H groups in total. The normalized spacial score (nSPS) is 13.8. The van der Waals surface area contributed by atoms with Gasteiger partial charge in [0.25, 0.3) is 0 Å². The lowest BCUT2D eigenvalue weighted by atomic mass is 10.1. The number of aliphatic hydroxyl groups excluding tert-OH is 1. The van der Waals surface area contributed by atoms with Crippen LogP contribution < -0.4 is 10.1 Å². The molecule has 0 aliphatic rings. The molecule has 0 bridgehead atoms. The van der Waals surface area contributed by atoms with E-state index in [4.69, 9.17) is 9.47 Å². The summed E-state index contributed by atoms with van der Waals surface area (Å²) < 4.78 is 11.5. The zero-order chi connectivity index (χ0) is 18.1. The highest BCUT2D eigenvalue weighted by Gasteiger charge is 2.12. The van der Waals surface area contributed by atoms with Crippen molar-refractivity contribution in [1.29, 1.82) is 0 Å². The van der Waals surface area contributed by atoms with Gasteiger partial charge >= 0.3 is 0 Å². The van der Waals surface area contributed by atoms with Gasteiger partial charge in [-0.1, -0.05) is 20.8 Å². The number of hydrogen-bond donors (Lipinski definition) is 2. The summed E-state index contributed by atoms with van der Waals surface area (Å²) in [5.74, 6) is 0.652. The second-order valence-corrected chi connectivity index (χ2v) is 6.44. The molecule has 0 heterocycles. The molecule has 136 valence electrons. The Labute approximate surface area is 145 Å². The van der Waals surface area contributed by atoms with Crippen LogP contribution in [-0.2, 0) is 11.3 Å². The molecule has 5 heteroatoms. The summed E-state index contributed by atoms with van der Waals surface area (Å²) >= 11 is 0. The number of Topliss-reactive ketones (excluding diaryl/α,β-unsaturated/α-hetero) is 1. The standard InChI is InChI=1S/C19H31NO4/c1-6-14(4)23-11-17-9-16(15(5)21)7-8-19(17)24-12-18(22)10-20-13(2)3/h7-9,13-14,18,20,22H,6,10-12H2,1-5H3. The highest BCUT2D eigenvalue weighted by molar-refractivity contribution is 5.94. The summed E-state index contributed by atoms with van der Waals surface area (Å²) in [6.45, 7) is 10.7. The van der Waals surface area contributed by atoms with Crippen molar-refractivity contribution in [1.82, 2.24) is 5.32 Å². The Morgan fingerprint density at radius 2 is 2.00 bits per heavy atom. The van der Waals surface area contributed by atoms with Gasteiger partial charge in [0.2, 0.25) is 0 Å². The summed E-state index contributed by atoms with van der Waals surface area (Å²) in [7, 11) is 0. The van der Waals surface area contributed by atoms with Crippen LogP contribution in [0.25, 0.3) is 0 Å². The van der Waals surface area contributed by atoms with E-state index < -0.39 is 6.10 Å². The largest absolute Gasteiger partial charge is 0.490 e. The number of hydrogen-bond acceptors (Lipinski definition) is 5. The second kappa shape index (κ2) is 10.4. The second-order valence-electron chi connectivity index (χ2n) is 6.44. The molecule has 0 spiro atoms. The molecule has 5 nitrogen and oxygen atoms in total. The van der Waals surface area contributed by atoms with Crippen LogP contribution in [0, 0.1) is 0 Å². The zero-order valence-corrected chi connectivity index (χ0v) is 15.5. The molecule has 0 aromatic heterocycles. The molecular formula is C19H31NO4. The van der Waals surface area contributed by atoms with E-state index in [9.17, 15) is 9.90 Å². The lowest BCUT2D eigenvalue weighted by molar-refractivity contribution is 0.0479. The van der Waals surface area contributed by atoms with Gasteiger partial charge in [0.15, 0.2) is 5.78 Å². The fourth-order valence-corrected chi connectivity index (χ4v) is 2.02. The molecule has 0 saturated heterocycles. The molecule has 1 rings (SSSR count). The monoisotopic (exact) mass is 337 g/mol. The first-order valence-electron chi connectivity index (χ1n) is 8.63. The number of nitrogens with one attached hydrogen (secondary N) is 1. The lowest BCUT2D eigenvalue weighted by Crippen LogP contribution is -2.35.